The lowest BCUT2D eigenvalue weighted by atomic mass is 10.4. The minimum Gasteiger partial charge on any atom is -0.476 e. The van der Waals surface area contributed by atoms with Gasteiger partial charge < -0.3 is 5.11 Å². The Balaban J connectivity index is 2.42. The number of carbonyl (C=O) groups excluding carboxylic acids is 1. The van der Waals surface area contributed by atoms with Crippen molar-refractivity contribution in [3.63, 3.8) is 0 Å². The molecule has 0 amide bonds. The molecule has 0 saturated carbocycles. The number of hydrogen-bond donors (Lipinski definition) is 1. The first-order valence-electron chi connectivity index (χ1n) is 4.42. The van der Waals surface area contributed by atoms with Crippen molar-refractivity contribution < 1.29 is 14.7 Å². The molecule has 1 N–H and O–H groups in total. The summed E-state index contributed by atoms with van der Waals surface area (Å²) in [4.78, 5) is 25.1. The molecule has 0 atom stereocenters. The molecule has 0 bridgehead atoms. The van der Waals surface area contributed by atoms with Gasteiger partial charge in [0.15, 0.2) is 17.8 Å². The van der Waals surface area contributed by atoms with Gasteiger partial charge in [-0.05, 0) is 18.2 Å². The van der Waals surface area contributed by atoms with E-state index in [9.17, 15) is 9.59 Å². The van der Waals surface area contributed by atoms with Gasteiger partial charge in [-0.2, -0.15) is 5.10 Å². The lowest BCUT2D eigenvalue weighted by molar-refractivity contribution is 0.0689. The average Bonchev–Trinajstić information content (AvgIpc) is 2.78. The van der Waals surface area contributed by atoms with E-state index in [1.807, 2.05) is 0 Å². The van der Waals surface area contributed by atoms with Crippen molar-refractivity contribution >= 4 is 12.3 Å². The summed E-state index contributed by atoms with van der Waals surface area (Å²) in [5.41, 5.74) is 0.197. The summed E-state index contributed by atoms with van der Waals surface area (Å²) in [7, 11) is 0. The number of aldehydes is 1. The van der Waals surface area contributed by atoms with Crippen molar-refractivity contribution in [1.82, 2.24) is 14.8 Å². The maximum atomic E-state index is 10.6. The van der Waals surface area contributed by atoms with Crippen molar-refractivity contribution in [3.8, 4) is 5.82 Å². The molecule has 0 aliphatic rings. The molecular formula is C10H7N3O3. The molecule has 0 spiro atoms. The summed E-state index contributed by atoms with van der Waals surface area (Å²) >= 11 is 0. The second kappa shape index (κ2) is 3.93. The van der Waals surface area contributed by atoms with Crippen molar-refractivity contribution in [1.29, 1.82) is 0 Å². The van der Waals surface area contributed by atoms with E-state index in [1.54, 1.807) is 18.2 Å². The Bertz CT molecular complexity index is 548. The predicted molar refractivity (Wildman–Crippen MR) is 53.7 cm³/mol. The van der Waals surface area contributed by atoms with Gasteiger partial charge in [-0.1, -0.05) is 6.07 Å². The molecule has 6 heteroatoms. The number of nitrogens with zero attached hydrogens (tertiary/aromatic N) is 3. The summed E-state index contributed by atoms with van der Waals surface area (Å²) < 4.78 is 1.30. The van der Waals surface area contributed by atoms with Crippen LogP contribution in [0.4, 0.5) is 0 Å². The predicted octanol–water partition coefficient (Wildman–Crippen LogP) is 0.778. The molecule has 0 radical (unpaired) electrons. The number of carboxylic acids is 1. The second-order valence-corrected chi connectivity index (χ2v) is 2.99. The van der Waals surface area contributed by atoms with Gasteiger partial charge in [0, 0.05) is 6.20 Å². The zero-order valence-electron chi connectivity index (χ0n) is 8.07. The number of carbonyl (C=O) groups is 2. The number of rotatable bonds is 3. The number of carboxylic acid groups (broad SMARTS) is 1. The largest absolute Gasteiger partial charge is 0.476 e. The summed E-state index contributed by atoms with van der Waals surface area (Å²) in [6.45, 7) is 0. The highest BCUT2D eigenvalue weighted by Gasteiger charge is 2.08. The number of hydrogen-bond acceptors (Lipinski definition) is 4. The first kappa shape index (κ1) is 10.0. The van der Waals surface area contributed by atoms with Crippen LogP contribution >= 0.6 is 0 Å². The van der Waals surface area contributed by atoms with Crippen LogP contribution in [-0.2, 0) is 0 Å². The molecule has 0 unspecified atom stereocenters. The molecule has 2 aromatic rings. The number of aromatic nitrogens is 3. The highest BCUT2D eigenvalue weighted by atomic mass is 16.4. The van der Waals surface area contributed by atoms with Gasteiger partial charge in [0.05, 0.1) is 0 Å². The van der Waals surface area contributed by atoms with E-state index in [2.05, 4.69) is 10.1 Å². The van der Waals surface area contributed by atoms with Gasteiger partial charge in [-0.3, -0.25) is 4.79 Å². The molecule has 0 saturated heterocycles. The number of pyridine rings is 1. The van der Waals surface area contributed by atoms with E-state index in [0.717, 1.165) is 0 Å². The third-order valence-corrected chi connectivity index (χ3v) is 1.92. The molecule has 0 fully saturated rings. The van der Waals surface area contributed by atoms with Gasteiger partial charge in [0.2, 0.25) is 0 Å². The Labute approximate surface area is 90.2 Å². The highest BCUT2D eigenvalue weighted by Crippen LogP contribution is 2.05. The fourth-order valence-corrected chi connectivity index (χ4v) is 1.20. The third-order valence-electron chi connectivity index (χ3n) is 1.92. The molecule has 2 rings (SSSR count). The Kier molecular flexibility index (Phi) is 2.47. The molecule has 0 aromatic carbocycles. The van der Waals surface area contributed by atoms with Gasteiger partial charge in [-0.25, -0.2) is 14.5 Å². The van der Waals surface area contributed by atoms with Crippen LogP contribution in [0, 0.1) is 0 Å². The van der Waals surface area contributed by atoms with E-state index in [0.29, 0.717) is 12.1 Å². The SMILES string of the molecule is O=Cc1cccc(-n2ccc(C(=O)O)n2)n1. The maximum Gasteiger partial charge on any atom is 0.356 e. The van der Waals surface area contributed by atoms with Crippen LogP contribution in [0.3, 0.4) is 0 Å². The monoisotopic (exact) mass is 217 g/mol. The molecule has 80 valence electrons. The topological polar surface area (TPSA) is 85.1 Å². The van der Waals surface area contributed by atoms with Crippen LogP contribution in [0.25, 0.3) is 5.82 Å². The Morgan fingerprint density at radius 1 is 1.38 bits per heavy atom. The minimum atomic E-state index is -1.11. The first-order chi connectivity index (χ1) is 7.70. The third kappa shape index (κ3) is 1.81. The van der Waals surface area contributed by atoms with Gasteiger partial charge in [-0.15, -0.1) is 0 Å². The molecule has 0 aliphatic carbocycles. The van der Waals surface area contributed by atoms with Crippen LogP contribution in [0.5, 0.6) is 0 Å². The van der Waals surface area contributed by atoms with Crippen LogP contribution in [-0.4, -0.2) is 32.1 Å². The smallest absolute Gasteiger partial charge is 0.356 e. The van der Waals surface area contributed by atoms with Crippen LogP contribution in [0.1, 0.15) is 21.0 Å². The van der Waals surface area contributed by atoms with E-state index >= 15 is 0 Å². The van der Waals surface area contributed by atoms with Gasteiger partial charge in [0.1, 0.15) is 5.69 Å². The molecule has 6 nitrogen and oxygen atoms in total. The maximum absolute atomic E-state index is 10.6. The van der Waals surface area contributed by atoms with Crippen molar-refractivity contribution in [2.45, 2.75) is 0 Å². The van der Waals surface area contributed by atoms with Crippen LogP contribution < -0.4 is 0 Å². The standard InChI is InChI=1S/C10H7N3O3/c14-6-7-2-1-3-9(11-7)13-5-4-8(12-13)10(15)16/h1-6H,(H,15,16). The zero-order valence-corrected chi connectivity index (χ0v) is 8.07. The molecule has 0 aliphatic heterocycles. The Morgan fingerprint density at radius 3 is 2.81 bits per heavy atom. The van der Waals surface area contributed by atoms with E-state index in [1.165, 1.54) is 16.9 Å². The Morgan fingerprint density at radius 2 is 2.19 bits per heavy atom. The minimum absolute atomic E-state index is 0.0710. The van der Waals surface area contributed by atoms with Crippen LogP contribution in [0.2, 0.25) is 0 Å². The second-order valence-electron chi connectivity index (χ2n) is 2.99. The summed E-state index contributed by atoms with van der Waals surface area (Å²) in [6.07, 6.45) is 2.09. The van der Waals surface area contributed by atoms with Crippen LogP contribution in [0.15, 0.2) is 30.5 Å². The quantitative estimate of drug-likeness (QED) is 0.768. The lowest BCUT2D eigenvalue weighted by Gasteiger charge is -1.99. The summed E-state index contributed by atoms with van der Waals surface area (Å²) in [5.74, 6) is -0.706. The normalized spacial score (nSPS) is 10.0. The van der Waals surface area contributed by atoms with E-state index in [4.69, 9.17) is 5.11 Å². The van der Waals surface area contributed by atoms with Crippen molar-refractivity contribution in [3.05, 3.63) is 41.9 Å². The highest BCUT2D eigenvalue weighted by molar-refractivity contribution is 5.85. The molecule has 16 heavy (non-hydrogen) atoms. The summed E-state index contributed by atoms with van der Waals surface area (Å²) in [6, 6.07) is 6.19. The van der Waals surface area contributed by atoms with Gasteiger partial charge in [0.25, 0.3) is 0 Å². The van der Waals surface area contributed by atoms with E-state index in [-0.39, 0.29) is 11.4 Å². The van der Waals surface area contributed by atoms with Crippen molar-refractivity contribution in [2.24, 2.45) is 0 Å². The Hall–Kier alpha value is -2.50. The fraction of sp³-hybridized carbons (Fsp3) is 0. The first-order valence-corrected chi connectivity index (χ1v) is 4.42. The van der Waals surface area contributed by atoms with E-state index < -0.39 is 5.97 Å². The lowest BCUT2D eigenvalue weighted by Crippen LogP contribution is -2.03. The molecule has 2 heterocycles. The average molecular weight is 217 g/mol. The zero-order chi connectivity index (χ0) is 11.5. The fourth-order valence-electron chi connectivity index (χ4n) is 1.20. The molecular weight excluding hydrogens is 210 g/mol. The number of aromatic carboxylic acids is 1. The molecule has 2 aromatic heterocycles. The van der Waals surface area contributed by atoms with Gasteiger partial charge >= 0.3 is 5.97 Å². The van der Waals surface area contributed by atoms with Crippen molar-refractivity contribution in [2.75, 3.05) is 0 Å². The summed E-state index contributed by atoms with van der Waals surface area (Å²) in [5, 5.41) is 12.5.